The molecule has 0 aromatic heterocycles. The molecule has 2 amide bonds. The fraction of sp³-hybridized carbons (Fsp3) is 0.846. The molecule has 110 valence electrons. The van der Waals surface area contributed by atoms with Crippen molar-refractivity contribution in [2.75, 3.05) is 26.8 Å². The number of likely N-dealkylation sites (tertiary alicyclic amines) is 1. The van der Waals surface area contributed by atoms with Crippen LogP contribution in [0.1, 0.15) is 26.7 Å². The van der Waals surface area contributed by atoms with Crippen LogP contribution in [0.2, 0.25) is 0 Å². The summed E-state index contributed by atoms with van der Waals surface area (Å²) in [6, 6.07) is -1.11. The summed E-state index contributed by atoms with van der Waals surface area (Å²) in [4.78, 5) is 24.9. The van der Waals surface area contributed by atoms with Gasteiger partial charge in [-0.3, -0.25) is 0 Å². The molecule has 0 saturated carbocycles. The number of ether oxygens (including phenoxy) is 1. The molecule has 0 aromatic rings. The molecular weight excluding hydrogens is 248 g/mol. The van der Waals surface area contributed by atoms with E-state index < -0.39 is 12.0 Å². The van der Waals surface area contributed by atoms with Crippen molar-refractivity contribution in [3.63, 3.8) is 0 Å². The van der Waals surface area contributed by atoms with Crippen LogP contribution < -0.4 is 5.32 Å². The summed E-state index contributed by atoms with van der Waals surface area (Å²) in [5.41, 5.74) is 0. The monoisotopic (exact) mass is 272 g/mol. The number of hydrogen-bond acceptors (Lipinski definition) is 3. The van der Waals surface area contributed by atoms with E-state index >= 15 is 0 Å². The Morgan fingerprint density at radius 2 is 2.21 bits per heavy atom. The average molecular weight is 272 g/mol. The first kappa shape index (κ1) is 15.8. The molecular formula is C13H24N2O4. The molecule has 6 nitrogen and oxygen atoms in total. The third kappa shape index (κ3) is 4.38. The number of methoxy groups -OCH3 is 1. The summed E-state index contributed by atoms with van der Waals surface area (Å²) in [5, 5.41) is 11.8. The van der Waals surface area contributed by atoms with Gasteiger partial charge in [-0.1, -0.05) is 20.3 Å². The highest BCUT2D eigenvalue weighted by Crippen LogP contribution is 2.17. The van der Waals surface area contributed by atoms with E-state index in [1.54, 1.807) is 12.0 Å². The van der Waals surface area contributed by atoms with Gasteiger partial charge in [-0.2, -0.15) is 0 Å². The Labute approximate surface area is 114 Å². The third-order valence-electron chi connectivity index (χ3n) is 3.73. The zero-order valence-electron chi connectivity index (χ0n) is 11.9. The van der Waals surface area contributed by atoms with Crippen LogP contribution in [0.4, 0.5) is 4.79 Å². The van der Waals surface area contributed by atoms with Gasteiger partial charge in [0.1, 0.15) is 6.04 Å². The van der Waals surface area contributed by atoms with Crippen LogP contribution in [0.15, 0.2) is 0 Å². The summed E-state index contributed by atoms with van der Waals surface area (Å²) in [6.45, 7) is 5.67. The van der Waals surface area contributed by atoms with E-state index in [1.165, 1.54) is 0 Å². The van der Waals surface area contributed by atoms with Crippen molar-refractivity contribution < 1.29 is 19.4 Å². The van der Waals surface area contributed by atoms with Crippen molar-refractivity contribution in [1.29, 1.82) is 0 Å². The lowest BCUT2D eigenvalue weighted by Crippen LogP contribution is -2.50. The first-order chi connectivity index (χ1) is 8.99. The quantitative estimate of drug-likeness (QED) is 0.760. The van der Waals surface area contributed by atoms with Crippen LogP contribution in [0.25, 0.3) is 0 Å². The van der Waals surface area contributed by atoms with E-state index in [9.17, 15) is 9.59 Å². The smallest absolute Gasteiger partial charge is 0.326 e. The summed E-state index contributed by atoms with van der Waals surface area (Å²) >= 11 is 0. The molecule has 6 heteroatoms. The number of urea groups is 1. The van der Waals surface area contributed by atoms with Crippen LogP contribution >= 0.6 is 0 Å². The second-order valence-electron chi connectivity index (χ2n) is 5.21. The molecule has 2 N–H and O–H groups in total. The fourth-order valence-electron chi connectivity index (χ4n) is 2.30. The molecule has 0 spiro atoms. The maximum Gasteiger partial charge on any atom is 0.326 e. The second kappa shape index (κ2) is 7.33. The van der Waals surface area contributed by atoms with Gasteiger partial charge in [0.15, 0.2) is 0 Å². The van der Waals surface area contributed by atoms with Crippen molar-refractivity contribution >= 4 is 12.0 Å². The van der Waals surface area contributed by atoms with Gasteiger partial charge in [0, 0.05) is 26.1 Å². The minimum atomic E-state index is -0.977. The Morgan fingerprint density at radius 3 is 2.74 bits per heavy atom. The molecule has 1 aliphatic rings. The molecule has 1 aliphatic heterocycles. The lowest BCUT2D eigenvalue weighted by molar-refractivity contribution is -0.140. The molecule has 0 aliphatic carbocycles. The number of amides is 2. The summed E-state index contributed by atoms with van der Waals surface area (Å²) in [5.74, 6) is -0.711. The zero-order valence-corrected chi connectivity index (χ0v) is 11.9. The minimum Gasteiger partial charge on any atom is -0.480 e. The maximum atomic E-state index is 12.0. The standard InChI is InChI=1S/C13H24N2O4/c1-4-9(2)11(12(16)17)14-13(18)15-6-5-10(7-15)8-19-3/h9-11H,4-8H2,1-3H3,(H,14,18)(H,16,17)/t9-,10?,11-/m0/s1. The Kier molecular flexibility index (Phi) is 6.08. The molecule has 1 rings (SSSR count). The first-order valence-corrected chi connectivity index (χ1v) is 6.76. The molecule has 19 heavy (non-hydrogen) atoms. The van der Waals surface area contributed by atoms with Crippen LogP contribution in [-0.2, 0) is 9.53 Å². The van der Waals surface area contributed by atoms with Crippen molar-refractivity contribution in [3.8, 4) is 0 Å². The normalized spacial score (nSPS) is 22.1. The van der Waals surface area contributed by atoms with Gasteiger partial charge in [0.05, 0.1) is 6.61 Å². The summed E-state index contributed by atoms with van der Waals surface area (Å²) in [6.07, 6.45) is 1.62. The van der Waals surface area contributed by atoms with Crippen molar-refractivity contribution in [2.45, 2.75) is 32.7 Å². The van der Waals surface area contributed by atoms with Crippen LogP contribution in [-0.4, -0.2) is 54.9 Å². The number of nitrogens with one attached hydrogen (secondary N) is 1. The average Bonchev–Trinajstić information content (AvgIpc) is 2.83. The molecule has 0 aromatic carbocycles. The Bertz CT molecular complexity index is 322. The highest BCUT2D eigenvalue weighted by molar-refractivity contribution is 5.82. The van der Waals surface area contributed by atoms with Crippen LogP contribution in [0.5, 0.6) is 0 Å². The third-order valence-corrected chi connectivity index (χ3v) is 3.73. The first-order valence-electron chi connectivity index (χ1n) is 6.76. The van der Waals surface area contributed by atoms with Gasteiger partial charge in [-0.15, -0.1) is 0 Å². The van der Waals surface area contributed by atoms with Crippen molar-refractivity contribution in [2.24, 2.45) is 11.8 Å². The SMILES string of the molecule is CC[C@H](C)[C@H](NC(=O)N1CCC(COC)C1)C(=O)O. The lowest BCUT2D eigenvalue weighted by atomic mass is 9.99. The number of rotatable bonds is 6. The predicted molar refractivity (Wildman–Crippen MR) is 71.0 cm³/mol. The predicted octanol–water partition coefficient (Wildman–Crippen LogP) is 1.16. The highest BCUT2D eigenvalue weighted by atomic mass is 16.5. The summed E-state index contributed by atoms with van der Waals surface area (Å²) in [7, 11) is 1.64. The topological polar surface area (TPSA) is 78.9 Å². The Hall–Kier alpha value is -1.30. The Morgan fingerprint density at radius 1 is 1.53 bits per heavy atom. The van der Waals surface area contributed by atoms with E-state index in [2.05, 4.69) is 5.32 Å². The van der Waals surface area contributed by atoms with Crippen LogP contribution in [0, 0.1) is 11.8 Å². The maximum absolute atomic E-state index is 12.0. The van der Waals surface area contributed by atoms with E-state index in [0.29, 0.717) is 32.0 Å². The highest BCUT2D eigenvalue weighted by Gasteiger charge is 2.31. The number of carbonyl (C=O) groups excluding carboxylic acids is 1. The van der Waals surface area contributed by atoms with E-state index in [4.69, 9.17) is 9.84 Å². The van der Waals surface area contributed by atoms with Crippen LogP contribution in [0.3, 0.4) is 0 Å². The number of carboxylic acid groups (broad SMARTS) is 1. The van der Waals surface area contributed by atoms with Gasteiger partial charge >= 0.3 is 12.0 Å². The van der Waals surface area contributed by atoms with Crippen molar-refractivity contribution in [3.05, 3.63) is 0 Å². The van der Waals surface area contributed by atoms with Gasteiger partial charge in [0.25, 0.3) is 0 Å². The molecule has 3 atom stereocenters. The lowest BCUT2D eigenvalue weighted by Gasteiger charge is -2.24. The zero-order chi connectivity index (χ0) is 14.4. The van der Waals surface area contributed by atoms with E-state index in [1.807, 2.05) is 13.8 Å². The summed E-state index contributed by atoms with van der Waals surface area (Å²) < 4.78 is 5.08. The van der Waals surface area contributed by atoms with E-state index in [0.717, 1.165) is 6.42 Å². The molecule has 0 radical (unpaired) electrons. The molecule has 1 fully saturated rings. The van der Waals surface area contributed by atoms with Crippen molar-refractivity contribution in [1.82, 2.24) is 10.2 Å². The van der Waals surface area contributed by atoms with E-state index in [-0.39, 0.29) is 11.9 Å². The number of hydrogen-bond donors (Lipinski definition) is 2. The minimum absolute atomic E-state index is 0.0844. The second-order valence-corrected chi connectivity index (χ2v) is 5.21. The van der Waals surface area contributed by atoms with Gasteiger partial charge < -0.3 is 20.1 Å². The molecule has 1 heterocycles. The van der Waals surface area contributed by atoms with Gasteiger partial charge in [-0.05, 0) is 12.3 Å². The Balaban J connectivity index is 2.51. The van der Waals surface area contributed by atoms with Gasteiger partial charge in [-0.25, -0.2) is 9.59 Å². The molecule has 0 bridgehead atoms. The number of aliphatic carboxylic acids is 1. The molecule has 1 unspecified atom stereocenters. The fourth-order valence-corrected chi connectivity index (χ4v) is 2.30. The largest absolute Gasteiger partial charge is 0.480 e. The number of nitrogens with zero attached hydrogens (tertiary/aromatic N) is 1. The number of carboxylic acids is 1. The van der Waals surface area contributed by atoms with Gasteiger partial charge in [0.2, 0.25) is 0 Å². The molecule has 1 saturated heterocycles. The number of carbonyl (C=O) groups is 2.